The molecular weight excluding hydrogens is 316 g/mol. The van der Waals surface area contributed by atoms with E-state index in [0.717, 1.165) is 15.7 Å². The zero-order valence-electron chi connectivity index (χ0n) is 10.5. The lowest BCUT2D eigenvalue weighted by atomic mass is 9.69. The molecule has 0 unspecified atom stereocenters. The number of hydrogen-bond acceptors (Lipinski definition) is 1. The first-order valence-electron chi connectivity index (χ1n) is 6.32. The highest BCUT2D eigenvalue weighted by Gasteiger charge is 2.54. The van der Waals surface area contributed by atoms with E-state index in [4.69, 9.17) is 0 Å². The van der Waals surface area contributed by atoms with Crippen LogP contribution in [0.3, 0.4) is 0 Å². The summed E-state index contributed by atoms with van der Waals surface area (Å²) in [5.41, 5.74) is 0.999. The first-order chi connectivity index (χ1) is 8.86. The molecule has 0 aromatic heterocycles. The molecule has 2 nitrogen and oxygen atoms in total. The zero-order valence-corrected chi connectivity index (χ0v) is 12.1. The van der Waals surface area contributed by atoms with Crippen LogP contribution in [0.5, 0.6) is 0 Å². The largest absolute Gasteiger partial charge is 0.314 e. The van der Waals surface area contributed by atoms with E-state index in [1.807, 2.05) is 18.2 Å². The van der Waals surface area contributed by atoms with Gasteiger partial charge in [-0.25, -0.2) is 8.78 Å². The van der Waals surface area contributed by atoms with E-state index in [2.05, 4.69) is 15.9 Å². The molecule has 1 fully saturated rings. The Kier molecular flexibility index (Phi) is 2.75. The Morgan fingerprint density at radius 2 is 1.84 bits per heavy atom. The van der Waals surface area contributed by atoms with Crippen LogP contribution in [0.1, 0.15) is 31.2 Å². The molecule has 0 N–H and O–H groups in total. The fourth-order valence-electron chi connectivity index (χ4n) is 3.26. The first kappa shape index (κ1) is 13.0. The quantitative estimate of drug-likeness (QED) is 0.707. The molecular formula is C14H14BrF2NO. The maximum Gasteiger partial charge on any atom is 0.248 e. The maximum absolute atomic E-state index is 13.4. The lowest BCUT2D eigenvalue weighted by molar-refractivity contribution is -0.127. The highest BCUT2D eigenvalue weighted by atomic mass is 79.9. The molecule has 1 aromatic carbocycles. The Morgan fingerprint density at radius 1 is 1.21 bits per heavy atom. The van der Waals surface area contributed by atoms with Gasteiger partial charge in [-0.3, -0.25) is 4.79 Å². The number of amides is 1. The first-order valence-corrected chi connectivity index (χ1v) is 7.11. The molecule has 1 aromatic rings. The second-order valence-electron chi connectivity index (χ2n) is 5.46. The fourth-order valence-corrected chi connectivity index (χ4v) is 3.62. The second kappa shape index (κ2) is 4.01. The third-order valence-corrected chi connectivity index (χ3v) is 4.88. The SMILES string of the molecule is CN1C(=O)C2(CCC(F)(F)CC2)c2cc(Br)ccc21. The van der Waals surface area contributed by atoms with E-state index < -0.39 is 11.3 Å². The van der Waals surface area contributed by atoms with Crippen LogP contribution < -0.4 is 4.90 Å². The van der Waals surface area contributed by atoms with Crippen molar-refractivity contribution in [1.29, 1.82) is 0 Å². The molecule has 1 spiro atoms. The van der Waals surface area contributed by atoms with E-state index >= 15 is 0 Å². The Balaban J connectivity index is 2.08. The molecule has 0 saturated heterocycles. The minimum atomic E-state index is -2.63. The zero-order chi connectivity index (χ0) is 13.8. The molecule has 1 amide bonds. The summed E-state index contributed by atoms with van der Waals surface area (Å²) >= 11 is 3.40. The van der Waals surface area contributed by atoms with Crippen molar-refractivity contribution in [3.8, 4) is 0 Å². The van der Waals surface area contributed by atoms with Crippen LogP contribution in [-0.2, 0) is 10.2 Å². The standard InChI is InChI=1S/C14H14BrF2NO/c1-18-11-3-2-9(15)8-10(11)13(12(18)19)4-6-14(16,17)7-5-13/h2-3,8H,4-7H2,1H3. The number of fused-ring (bicyclic) bond motifs is 2. The smallest absolute Gasteiger partial charge is 0.248 e. The number of likely N-dealkylation sites (N-methyl/N-ethyl adjacent to an activating group) is 1. The van der Waals surface area contributed by atoms with Gasteiger partial charge in [0.1, 0.15) is 0 Å². The Morgan fingerprint density at radius 3 is 2.47 bits per heavy atom. The molecule has 5 heteroatoms. The highest BCUT2D eigenvalue weighted by molar-refractivity contribution is 9.10. The summed E-state index contributed by atoms with van der Waals surface area (Å²) in [6, 6.07) is 5.65. The third-order valence-electron chi connectivity index (χ3n) is 4.38. The van der Waals surface area contributed by atoms with Gasteiger partial charge in [0, 0.05) is 30.0 Å². The number of nitrogens with zero attached hydrogens (tertiary/aromatic N) is 1. The third kappa shape index (κ3) is 1.82. The van der Waals surface area contributed by atoms with Crippen LogP contribution in [0.4, 0.5) is 14.5 Å². The fraction of sp³-hybridized carbons (Fsp3) is 0.500. The van der Waals surface area contributed by atoms with E-state index in [1.54, 1.807) is 11.9 Å². The molecule has 102 valence electrons. The highest BCUT2D eigenvalue weighted by Crippen LogP contribution is 2.53. The van der Waals surface area contributed by atoms with E-state index in [9.17, 15) is 13.6 Å². The van der Waals surface area contributed by atoms with Crippen LogP contribution in [0.25, 0.3) is 0 Å². The molecule has 0 radical (unpaired) electrons. The van der Waals surface area contributed by atoms with Crippen LogP contribution in [-0.4, -0.2) is 18.9 Å². The summed E-state index contributed by atoms with van der Waals surface area (Å²) in [6.07, 6.45) is 0.0380. The molecule has 1 aliphatic carbocycles. The predicted octanol–water partition coefficient (Wildman–Crippen LogP) is 3.87. The van der Waals surface area contributed by atoms with E-state index in [-0.39, 0.29) is 31.6 Å². The number of hydrogen-bond donors (Lipinski definition) is 0. The van der Waals surface area contributed by atoms with Gasteiger partial charge in [-0.2, -0.15) is 0 Å². The second-order valence-corrected chi connectivity index (χ2v) is 6.38. The number of alkyl halides is 2. The summed E-state index contributed by atoms with van der Waals surface area (Å²) in [5, 5.41) is 0. The van der Waals surface area contributed by atoms with Crippen molar-refractivity contribution in [2.45, 2.75) is 37.0 Å². The molecule has 1 aliphatic heterocycles. The van der Waals surface area contributed by atoms with Crippen LogP contribution in [0.2, 0.25) is 0 Å². The molecule has 19 heavy (non-hydrogen) atoms. The summed E-state index contributed by atoms with van der Waals surface area (Å²) in [7, 11) is 1.72. The Hall–Kier alpha value is -0.970. The molecule has 1 saturated carbocycles. The minimum Gasteiger partial charge on any atom is -0.314 e. The summed E-state index contributed by atoms with van der Waals surface area (Å²) in [5.74, 6) is -2.67. The molecule has 0 bridgehead atoms. The normalized spacial score (nSPS) is 23.8. The summed E-state index contributed by atoms with van der Waals surface area (Å²) in [4.78, 5) is 14.1. The lowest BCUT2D eigenvalue weighted by Gasteiger charge is -2.36. The van der Waals surface area contributed by atoms with Crippen molar-refractivity contribution >= 4 is 27.5 Å². The van der Waals surface area contributed by atoms with Crippen LogP contribution in [0, 0.1) is 0 Å². The van der Waals surface area contributed by atoms with Gasteiger partial charge in [0.2, 0.25) is 11.8 Å². The summed E-state index contributed by atoms with van der Waals surface area (Å²) < 4.78 is 27.7. The van der Waals surface area contributed by atoms with Gasteiger partial charge < -0.3 is 4.90 Å². The van der Waals surface area contributed by atoms with E-state index in [0.29, 0.717) is 0 Å². The van der Waals surface area contributed by atoms with Gasteiger partial charge in [-0.05, 0) is 36.6 Å². The monoisotopic (exact) mass is 329 g/mol. The Labute approximate surface area is 118 Å². The van der Waals surface area contributed by atoms with Crippen molar-refractivity contribution in [2.24, 2.45) is 0 Å². The average molecular weight is 330 g/mol. The number of benzene rings is 1. The van der Waals surface area contributed by atoms with Crippen molar-refractivity contribution in [3.63, 3.8) is 0 Å². The topological polar surface area (TPSA) is 20.3 Å². The number of carbonyl (C=O) groups excluding carboxylic acids is 1. The van der Waals surface area contributed by atoms with Crippen LogP contribution >= 0.6 is 15.9 Å². The number of halogens is 3. The van der Waals surface area contributed by atoms with Gasteiger partial charge >= 0.3 is 0 Å². The van der Waals surface area contributed by atoms with Gasteiger partial charge in [-0.15, -0.1) is 0 Å². The number of carbonyl (C=O) groups is 1. The van der Waals surface area contributed by atoms with Crippen molar-refractivity contribution in [1.82, 2.24) is 0 Å². The minimum absolute atomic E-state index is 0.0453. The average Bonchev–Trinajstić information content (AvgIpc) is 2.56. The van der Waals surface area contributed by atoms with E-state index in [1.165, 1.54) is 0 Å². The molecule has 2 aliphatic rings. The summed E-state index contributed by atoms with van der Waals surface area (Å²) in [6.45, 7) is 0. The van der Waals surface area contributed by atoms with Crippen molar-refractivity contribution in [3.05, 3.63) is 28.2 Å². The van der Waals surface area contributed by atoms with Crippen molar-refractivity contribution in [2.75, 3.05) is 11.9 Å². The lowest BCUT2D eigenvalue weighted by Crippen LogP contribution is -2.44. The van der Waals surface area contributed by atoms with Gasteiger partial charge in [0.15, 0.2) is 0 Å². The van der Waals surface area contributed by atoms with Gasteiger partial charge in [0.25, 0.3) is 0 Å². The Bertz CT molecular complexity index is 548. The van der Waals surface area contributed by atoms with Gasteiger partial charge in [-0.1, -0.05) is 15.9 Å². The predicted molar refractivity (Wildman–Crippen MR) is 72.6 cm³/mol. The molecule has 3 rings (SSSR count). The maximum atomic E-state index is 13.4. The number of anilines is 1. The number of rotatable bonds is 0. The molecule has 0 atom stereocenters. The van der Waals surface area contributed by atoms with Gasteiger partial charge in [0.05, 0.1) is 5.41 Å². The van der Waals surface area contributed by atoms with Crippen LogP contribution in [0.15, 0.2) is 22.7 Å². The van der Waals surface area contributed by atoms with Crippen molar-refractivity contribution < 1.29 is 13.6 Å². The molecule has 1 heterocycles.